The Kier molecular flexibility index (Phi) is 6.74. The number of hydrogen-bond donors (Lipinski definition) is 0. The molecule has 2 aromatic carbocycles. The molecule has 2 heterocycles. The number of amides is 1. The Morgan fingerprint density at radius 1 is 1.06 bits per heavy atom. The molecule has 0 radical (unpaired) electrons. The Morgan fingerprint density at radius 3 is 2.42 bits per heavy atom. The Labute approximate surface area is 196 Å². The number of nitrogens with zero attached hydrogens (tertiary/aromatic N) is 3. The maximum Gasteiger partial charge on any atom is 0.260 e. The van der Waals surface area contributed by atoms with Crippen LogP contribution in [0, 0.1) is 0 Å². The number of carbonyl (C=O) groups excluding carboxylic acids is 1. The topological polar surface area (TPSA) is 73.8 Å². The first-order chi connectivity index (χ1) is 16.0. The summed E-state index contributed by atoms with van der Waals surface area (Å²) in [5, 5.41) is 0.580. The van der Waals surface area contributed by atoms with E-state index >= 15 is 0 Å². The van der Waals surface area contributed by atoms with Crippen LogP contribution < -0.4 is 19.1 Å². The van der Waals surface area contributed by atoms with Crippen LogP contribution in [-0.4, -0.2) is 36.2 Å². The highest BCUT2D eigenvalue weighted by Crippen LogP contribution is 2.38. The van der Waals surface area contributed by atoms with E-state index in [1.165, 1.54) is 11.3 Å². The monoisotopic (exact) mass is 463 g/mol. The summed E-state index contributed by atoms with van der Waals surface area (Å²) in [5.74, 6) is 1.77. The molecule has 0 bridgehead atoms. The van der Waals surface area contributed by atoms with Crippen LogP contribution in [0.1, 0.15) is 29.8 Å². The lowest BCUT2D eigenvalue weighted by atomic mass is 10.1. The van der Waals surface area contributed by atoms with Crippen molar-refractivity contribution < 1.29 is 19.0 Å². The summed E-state index contributed by atoms with van der Waals surface area (Å²) in [6.45, 7) is 4.27. The number of methoxy groups -OCH3 is 2. The molecule has 0 unspecified atom stereocenters. The Balaban J connectivity index is 1.72. The normalized spacial score (nSPS) is 10.9. The number of rotatable bonds is 8. The van der Waals surface area contributed by atoms with E-state index in [1.54, 1.807) is 43.6 Å². The predicted molar refractivity (Wildman–Crippen MR) is 130 cm³/mol. The molecule has 33 heavy (non-hydrogen) atoms. The number of anilines is 1. The van der Waals surface area contributed by atoms with Crippen molar-refractivity contribution in [2.24, 2.45) is 0 Å². The molecule has 0 saturated carbocycles. The number of carbonyl (C=O) groups is 1. The molecule has 4 rings (SSSR count). The number of pyridine rings is 1. The van der Waals surface area contributed by atoms with Crippen molar-refractivity contribution in [1.29, 1.82) is 0 Å². The van der Waals surface area contributed by atoms with Gasteiger partial charge in [0.1, 0.15) is 5.75 Å². The molecule has 0 atom stereocenters. The zero-order valence-electron chi connectivity index (χ0n) is 18.9. The van der Waals surface area contributed by atoms with Crippen LogP contribution in [0.3, 0.4) is 0 Å². The second-order valence-electron chi connectivity index (χ2n) is 7.61. The summed E-state index contributed by atoms with van der Waals surface area (Å²) < 4.78 is 17.4. The Morgan fingerprint density at radius 2 is 1.79 bits per heavy atom. The van der Waals surface area contributed by atoms with Crippen molar-refractivity contribution in [3.8, 4) is 17.2 Å². The minimum atomic E-state index is -0.159. The van der Waals surface area contributed by atoms with E-state index in [-0.39, 0.29) is 12.0 Å². The molecule has 8 heteroatoms. The zero-order chi connectivity index (χ0) is 23.4. The average Bonchev–Trinajstić information content (AvgIpc) is 3.24. The number of benzene rings is 2. The fraction of sp³-hybridized carbons (Fsp3) is 0.240. The lowest BCUT2D eigenvalue weighted by Crippen LogP contribution is -2.30. The van der Waals surface area contributed by atoms with Gasteiger partial charge in [0.15, 0.2) is 16.6 Å². The molecule has 0 aliphatic rings. The second kappa shape index (κ2) is 9.87. The lowest BCUT2D eigenvalue weighted by Gasteiger charge is -2.20. The van der Waals surface area contributed by atoms with Crippen molar-refractivity contribution in [2.45, 2.75) is 26.5 Å². The van der Waals surface area contributed by atoms with Gasteiger partial charge in [-0.1, -0.05) is 17.4 Å². The van der Waals surface area contributed by atoms with Gasteiger partial charge in [-0.15, -0.1) is 0 Å². The molecule has 0 saturated heterocycles. The van der Waals surface area contributed by atoms with Gasteiger partial charge in [0.05, 0.1) is 37.1 Å². The molecule has 0 fully saturated rings. The molecular weight excluding hydrogens is 438 g/mol. The van der Waals surface area contributed by atoms with Gasteiger partial charge in [0, 0.05) is 30.1 Å². The summed E-state index contributed by atoms with van der Waals surface area (Å²) in [4.78, 5) is 24.2. The molecule has 4 aromatic rings. The van der Waals surface area contributed by atoms with Gasteiger partial charge < -0.3 is 14.2 Å². The van der Waals surface area contributed by atoms with Crippen molar-refractivity contribution >= 4 is 32.6 Å². The minimum Gasteiger partial charge on any atom is -0.493 e. The fourth-order valence-corrected chi connectivity index (χ4v) is 4.34. The summed E-state index contributed by atoms with van der Waals surface area (Å²) in [7, 11) is 3.18. The largest absolute Gasteiger partial charge is 0.493 e. The second-order valence-corrected chi connectivity index (χ2v) is 8.62. The van der Waals surface area contributed by atoms with E-state index in [1.807, 2.05) is 50.2 Å². The molecular formula is C25H25N3O4S. The SMILES string of the molecule is COc1cc2nc(N(Cc3cccnc3)C(=O)c3ccc(OC(C)C)cc3)sc2cc1OC. The molecule has 170 valence electrons. The number of fused-ring (bicyclic) bond motifs is 1. The molecule has 0 N–H and O–H groups in total. The highest BCUT2D eigenvalue weighted by Gasteiger charge is 2.23. The van der Waals surface area contributed by atoms with E-state index in [2.05, 4.69) is 4.98 Å². The summed E-state index contributed by atoms with van der Waals surface area (Å²) in [5.41, 5.74) is 2.18. The third kappa shape index (κ3) is 5.06. The van der Waals surface area contributed by atoms with Gasteiger partial charge in [0.2, 0.25) is 0 Å². The summed E-state index contributed by atoms with van der Waals surface area (Å²) in [6.07, 6.45) is 3.52. The van der Waals surface area contributed by atoms with Crippen LogP contribution in [0.2, 0.25) is 0 Å². The van der Waals surface area contributed by atoms with Crippen LogP contribution in [-0.2, 0) is 6.54 Å². The first-order valence-corrected chi connectivity index (χ1v) is 11.3. The average molecular weight is 464 g/mol. The number of aromatic nitrogens is 2. The van der Waals surface area contributed by atoms with Crippen LogP contribution in [0.15, 0.2) is 60.9 Å². The highest BCUT2D eigenvalue weighted by molar-refractivity contribution is 7.22. The number of hydrogen-bond acceptors (Lipinski definition) is 7. The zero-order valence-corrected chi connectivity index (χ0v) is 19.8. The van der Waals surface area contributed by atoms with E-state index in [4.69, 9.17) is 19.2 Å². The van der Waals surface area contributed by atoms with Gasteiger partial charge in [-0.2, -0.15) is 0 Å². The van der Waals surface area contributed by atoms with Crippen molar-refractivity contribution in [3.63, 3.8) is 0 Å². The first kappa shape index (κ1) is 22.5. The van der Waals surface area contributed by atoms with Gasteiger partial charge in [-0.05, 0) is 49.7 Å². The maximum atomic E-state index is 13.6. The third-order valence-corrected chi connectivity index (χ3v) is 5.94. The molecule has 0 spiro atoms. The van der Waals surface area contributed by atoms with Crippen LogP contribution >= 0.6 is 11.3 Å². The smallest absolute Gasteiger partial charge is 0.260 e. The highest BCUT2D eigenvalue weighted by atomic mass is 32.1. The lowest BCUT2D eigenvalue weighted by molar-refractivity contribution is 0.0985. The Bertz CT molecular complexity index is 1200. The van der Waals surface area contributed by atoms with E-state index < -0.39 is 0 Å². The van der Waals surface area contributed by atoms with Crippen molar-refractivity contribution in [2.75, 3.05) is 19.1 Å². The van der Waals surface area contributed by atoms with Crippen LogP contribution in [0.5, 0.6) is 17.2 Å². The predicted octanol–water partition coefficient (Wildman–Crippen LogP) is 5.34. The number of thiazole rings is 1. The van der Waals surface area contributed by atoms with Gasteiger partial charge in [0.25, 0.3) is 5.91 Å². The standard InChI is InChI=1S/C25H25N3O4S/c1-16(2)32-19-9-7-18(8-10-19)24(29)28(15-17-6-5-11-26-14-17)25-27-20-12-21(30-3)22(31-4)13-23(20)33-25/h5-14,16H,15H2,1-4H3. The minimum absolute atomic E-state index is 0.0605. The molecule has 1 amide bonds. The quantitative estimate of drug-likeness (QED) is 0.351. The van der Waals surface area contributed by atoms with E-state index in [0.717, 1.165) is 21.5 Å². The van der Waals surface area contributed by atoms with E-state index in [9.17, 15) is 4.79 Å². The summed E-state index contributed by atoms with van der Waals surface area (Å²) >= 11 is 1.42. The molecule has 0 aliphatic carbocycles. The van der Waals surface area contributed by atoms with Crippen LogP contribution in [0.4, 0.5) is 5.13 Å². The first-order valence-electron chi connectivity index (χ1n) is 10.5. The Hall–Kier alpha value is -3.65. The van der Waals surface area contributed by atoms with Crippen LogP contribution in [0.25, 0.3) is 10.2 Å². The third-order valence-electron chi connectivity index (χ3n) is 4.90. The van der Waals surface area contributed by atoms with E-state index in [0.29, 0.717) is 28.7 Å². The van der Waals surface area contributed by atoms with Gasteiger partial charge in [-0.3, -0.25) is 14.7 Å². The maximum absolute atomic E-state index is 13.6. The van der Waals surface area contributed by atoms with Crippen molar-refractivity contribution in [1.82, 2.24) is 9.97 Å². The van der Waals surface area contributed by atoms with Gasteiger partial charge in [-0.25, -0.2) is 4.98 Å². The summed E-state index contributed by atoms with van der Waals surface area (Å²) in [6, 6.07) is 14.6. The fourth-order valence-electron chi connectivity index (χ4n) is 3.36. The number of ether oxygens (including phenoxy) is 3. The molecule has 0 aliphatic heterocycles. The molecule has 2 aromatic heterocycles. The van der Waals surface area contributed by atoms with Crippen molar-refractivity contribution in [3.05, 3.63) is 72.1 Å². The van der Waals surface area contributed by atoms with Gasteiger partial charge >= 0.3 is 0 Å². The molecule has 7 nitrogen and oxygen atoms in total.